The Balaban J connectivity index is 1.64. The van der Waals surface area contributed by atoms with Crippen LogP contribution in [0.2, 0.25) is 0 Å². The SMILES string of the molecule is C/C=C(\C)C(=O)C(C)C1=CC(=O)C2=C(O[C@]3(C)CC[C@@H]4O[C@H](C(C)(C)O)CC[C@@]4(C)[C@@H]3C2)C1=O. The van der Waals surface area contributed by atoms with Gasteiger partial charge in [-0.1, -0.05) is 19.9 Å². The Labute approximate surface area is 202 Å². The fraction of sp³-hybridized carbons (Fsp3) is 0.679. The number of ether oxygens (including phenoxy) is 2. The minimum absolute atomic E-state index is 0.0104. The number of ketones is 3. The molecular weight excluding hydrogens is 432 g/mol. The van der Waals surface area contributed by atoms with Gasteiger partial charge in [0, 0.05) is 28.4 Å². The van der Waals surface area contributed by atoms with Gasteiger partial charge in [-0.05, 0) is 78.4 Å². The molecule has 1 saturated carbocycles. The Morgan fingerprint density at radius 3 is 2.53 bits per heavy atom. The standard InChI is InChI=1S/C28H38O6/c1-8-15(2)23(30)16(3)17-13-19(29)18-14-20-27(6)11-9-21(26(4,5)32)33-22(27)10-12-28(20,7)34-25(18)24(17)31/h8,13,16,20-22,32H,9-12,14H2,1-7H3/b15-8+/t16?,20-,21-,22-,27-,28+/m0/s1. The van der Waals surface area contributed by atoms with Crippen molar-refractivity contribution in [1.82, 2.24) is 0 Å². The molecule has 0 bridgehead atoms. The van der Waals surface area contributed by atoms with Gasteiger partial charge in [0.1, 0.15) is 5.60 Å². The second-order valence-electron chi connectivity index (χ2n) is 11.7. The molecule has 0 radical (unpaired) electrons. The minimum atomic E-state index is -0.909. The first-order valence-electron chi connectivity index (χ1n) is 12.5. The van der Waals surface area contributed by atoms with Gasteiger partial charge in [-0.15, -0.1) is 0 Å². The van der Waals surface area contributed by atoms with Crippen LogP contribution in [-0.4, -0.2) is 45.9 Å². The molecule has 0 amide bonds. The summed E-state index contributed by atoms with van der Waals surface area (Å²) in [6, 6.07) is 0. The summed E-state index contributed by atoms with van der Waals surface area (Å²) in [5, 5.41) is 10.5. The van der Waals surface area contributed by atoms with E-state index in [9.17, 15) is 19.5 Å². The molecule has 1 N–H and O–H groups in total. The van der Waals surface area contributed by atoms with Crippen LogP contribution in [0.4, 0.5) is 0 Å². The van der Waals surface area contributed by atoms with E-state index in [2.05, 4.69) is 6.92 Å². The van der Waals surface area contributed by atoms with Crippen LogP contribution in [-0.2, 0) is 23.9 Å². The van der Waals surface area contributed by atoms with Crippen molar-refractivity contribution in [2.45, 2.75) is 104 Å². The highest BCUT2D eigenvalue weighted by Gasteiger charge is 2.61. The zero-order valence-electron chi connectivity index (χ0n) is 21.5. The molecule has 6 atom stereocenters. The van der Waals surface area contributed by atoms with Crippen LogP contribution in [0, 0.1) is 17.3 Å². The van der Waals surface area contributed by atoms with E-state index in [4.69, 9.17) is 9.47 Å². The number of carbonyl (C=O) groups excluding carboxylic acids is 3. The fourth-order valence-electron chi connectivity index (χ4n) is 6.56. The summed E-state index contributed by atoms with van der Waals surface area (Å²) in [5.74, 6) is -1.29. The van der Waals surface area contributed by atoms with Gasteiger partial charge in [-0.25, -0.2) is 0 Å². The van der Waals surface area contributed by atoms with Gasteiger partial charge in [-0.3, -0.25) is 14.4 Å². The predicted molar refractivity (Wildman–Crippen MR) is 128 cm³/mol. The van der Waals surface area contributed by atoms with Gasteiger partial charge in [0.2, 0.25) is 5.78 Å². The Bertz CT molecular complexity index is 1020. The predicted octanol–water partition coefficient (Wildman–Crippen LogP) is 4.40. The molecule has 2 heterocycles. The first-order chi connectivity index (χ1) is 15.7. The Morgan fingerprint density at radius 2 is 1.91 bits per heavy atom. The van der Waals surface area contributed by atoms with Gasteiger partial charge in [0.15, 0.2) is 17.3 Å². The molecule has 1 unspecified atom stereocenters. The zero-order chi connectivity index (χ0) is 25.2. The van der Waals surface area contributed by atoms with E-state index in [1.807, 2.05) is 6.92 Å². The molecule has 186 valence electrons. The molecule has 2 fully saturated rings. The maximum absolute atomic E-state index is 13.5. The van der Waals surface area contributed by atoms with Gasteiger partial charge >= 0.3 is 0 Å². The summed E-state index contributed by atoms with van der Waals surface area (Å²) in [5.41, 5.74) is -0.533. The minimum Gasteiger partial charge on any atom is -0.483 e. The van der Waals surface area contributed by atoms with Crippen LogP contribution >= 0.6 is 0 Å². The highest BCUT2D eigenvalue weighted by Crippen LogP contribution is 2.59. The molecular formula is C28H38O6. The topological polar surface area (TPSA) is 89.9 Å². The number of carbonyl (C=O) groups is 3. The summed E-state index contributed by atoms with van der Waals surface area (Å²) < 4.78 is 12.9. The zero-order valence-corrected chi connectivity index (χ0v) is 21.5. The van der Waals surface area contributed by atoms with Crippen LogP contribution in [0.5, 0.6) is 0 Å². The normalized spacial score (nSPS) is 37.2. The Morgan fingerprint density at radius 1 is 1.24 bits per heavy atom. The Kier molecular flexibility index (Phi) is 6.09. The molecule has 0 spiro atoms. The van der Waals surface area contributed by atoms with E-state index < -0.39 is 17.1 Å². The number of hydrogen-bond acceptors (Lipinski definition) is 6. The lowest BCUT2D eigenvalue weighted by Gasteiger charge is -2.60. The average Bonchev–Trinajstić information content (AvgIpc) is 2.77. The molecule has 0 aromatic carbocycles. The molecule has 34 heavy (non-hydrogen) atoms. The lowest BCUT2D eigenvalue weighted by atomic mass is 9.53. The summed E-state index contributed by atoms with van der Waals surface area (Å²) in [7, 11) is 0. The van der Waals surface area contributed by atoms with E-state index in [0.717, 1.165) is 19.3 Å². The highest BCUT2D eigenvalue weighted by molar-refractivity contribution is 6.24. The van der Waals surface area contributed by atoms with E-state index in [1.54, 1.807) is 40.7 Å². The molecule has 1 saturated heterocycles. The van der Waals surface area contributed by atoms with Crippen LogP contribution in [0.15, 0.2) is 34.6 Å². The van der Waals surface area contributed by atoms with E-state index in [1.165, 1.54) is 6.08 Å². The first-order valence-corrected chi connectivity index (χ1v) is 12.5. The van der Waals surface area contributed by atoms with Gasteiger partial charge in [0.05, 0.1) is 17.8 Å². The summed E-state index contributed by atoms with van der Waals surface area (Å²) in [4.78, 5) is 39.4. The van der Waals surface area contributed by atoms with Crippen LogP contribution in [0.1, 0.15) is 80.6 Å². The van der Waals surface area contributed by atoms with E-state index in [0.29, 0.717) is 24.0 Å². The number of Topliss-reactive ketones (excluding diaryl/α,β-unsaturated/α-hetero) is 2. The van der Waals surface area contributed by atoms with Crippen molar-refractivity contribution in [2.24, 2.45) is 17.3 Å². The van der Waals surface area contributed by atoms with Crippen molar-refractivity contribution in [3.8, 4) is 0 Å². The molecule has 4 rings (SSSR count). The van der Waals surface area contributed by atoms with Crippen molar-refractivity contribution in [1.29, 1.82) is 0 Å². The number of rotatable bonds is 4. The smallest absolute Gasteiger partial charge is 0.224 e. The van der Waals surface area contributed by atoms with Crippen molar-refractivity contribution in [3.63, 3.8) is 0 Å². The monoisotopic (exact) mass is 470 g/mol. The number of hydrogen-bond donors (Lipinski definition) is 1. The first kappa shape index (κ1) is 25.1. The third-order valence-corrected chi connectivity index (χ3v) is 8.98. The molecule has 6 heteroatoms. The number of fused-ring (bicyclic) bond motifs is 3. The Hall–Kier alpha value is -2.05. The lowest BCUT2D eigenvalue weighted by molar-refractivity contribution is -0.245. The third kappa shape index (κ3) is 3.83. The molecule has 2 aliphatic heterocycles. The molecule has 2 aliphatic carbocycles. The molecule has 0 aromatic rings. The van der Waals surface area contributed by atoms with Crippen LogP contribution < -0.4 is 0 Å². The summed E-state index contributed by atoms with van der Waals surface area (Å²) in [6.45, 7) is 13.0. The second-order valence-corrected chi connectivity index (χ2v) is 11.7. The second kappa shape index (κ2) is 8.27. The summed E-state index contributed by atoms with van der Waals surface area (Å²) in [6.07, 6.45) is 6.31. The van der Waals surface area contributed by atoms with Crippen molar-refractivity contribution >= 4 is 17.3 Å². The molecule has 4 aliphatic rings. The maximum atomic E-state index is 13.5. The number of allylic oxidation sites excluding steroid dienone is 5. The quantitative estimate of drug-likeness (QED) is 0.484. The van der Waals surface area contributed by atoms with Gasteiger partial charge in [-0.2, -0.15) is 0 Å². The average molecular weight is 471 g/mol. The third-order valence-electron chi connectivity index (χ3n) is 8.98. The van der Waals surface area contributed by atoms with Gasteiger partial charge < -0.3 is 14.6 Å². The highest BCUT2D eigenvalue weighted by atomic mass is 16.5. The largest absolute Gasteiger partial charge is 0.483 e. The van der Waals surface area contributed by atoms with Crippen molar-refractivity contribution < 1.29 is 29.0 Å². The molecule has 0 aromatic heterocycles. The van der Waals surface area contributed by atoms with Gasteiger partial charge in [0.25, 0.3) is 0 Å². The van der Waals surface area contributed by atoms with Crippen LogP contribution in [0.3, 0.4) is 0 Å². The van der Waals surface area contributed by atoms with Crippen molar-refractivity contribution in [3.05, 3.63) is 34.6 Å². The lowest BCUT2D eigenvalue weighted by Crippen LogP contribution is -2.62. The van der Waals surface area contributed by atoms with E-state index >= 15 is 0 Å². The van der Waals surface area contributed by atoms with E-state index in [-0.39, 0.29) is 52.2 Å². The summed E-state index contributed by atoms with van der Waals surface area (Å²) >= 11 is 0. The van der Waals surface area contributed by atoms with Crippen molar-refractivity contribution in [2.75, 3.05) is 0 Å². The maximum Gasteiger partial charge on any atom is 0.224 e. The molecule has 6 nitrogen and oxygen atoms in total. The fourth-order valence-corrected chi connectivity index (χ4v) is 6.56. The van der Waals surface area contributed by atoms with Crippen LogP contribution in [0.25, 0.3) is 0 Å². The number of aliphatic hydroxyl groups is 1.